The maximum atomic E-state index is 9.84. The first-order valence-electron chi connectivity index (χ1n) is 6.63. The van der Waals surface area contributed by atoms with Crippen LogP contribution in [0.25, 0.3) is 11.0 Å². The molecule has 6 heteroatoms. The van der Waals surface area contributed by atoms with Gasteiger partial charge in [0.15, 0.2) is 0 Å². The Hall–Kier alpha value is -1.63. The van der Waals surface area contributed by atoms with Crippen LogP contribution in [0.4, 0.5) is 5.69 Å². The molecule has 0 aliphatic rings. The number of nitrogens with two attached hydrogens (primary N) is 1. The molecule has 2 aromatic rings. The predicted molar refractivity (Wildman–Crippen MR) is 77.3 cm³/mol. The molecule has 0 spiro atoms. The molecule has 0 amide bonds. The van der Waals surface area contributed by atoms with Crippen LogP contribution in [-0.2, 0) is 11.3 Å². The molecule has 0 saturated heterocycles. The van der Waals surface area contributed by atoms with E-state index in [9.17, 15) is 10.2 Å². The number of ether oxygens (including phenoxy) is 1. The summed E-state index contributed by atoms with van der Waals surface area (Å²) >= 11 is 0. The number of aromatic nitrogens is 2. The second kappa shape index (κ2) is 6.21. The van der Waals surface area contributed by atoms with Crippen molar-refractivity contribution in [3.8, 4) is 0 Å². The molecule has 1 aromatic heterocycles. The molecule has 4 N–H and O–H groups in total. The number of hydrogen-bond acceptors (Lipinski definition) is 5. The molecule has 2 unspecified atom stereocenters. The summed E-state index contributed by atoms with van der Waals surface area (Å²) in [6.07, 6.45) is -0.681. The van der Waals surface area contributed by atoms with Gasteiger partial charge >= 0.3 is 0 Å². The fourth-order valence-corrected chi connectivity index (χ4v) is 2.27. The van der Waals surface area contributed by atoms with Gasteiger partial charge in [0, 0.05) is 19.3 Å². The van der Waals surface area contributed by atoms with Crippen LogP contribution in [0.1, 0.15) is 25.3 Å². The minimum Gasteiger partial charge on any atom is -0.399 e. The van der Waals surface area contributed by atoms with Crippen LogP contribution in [-0.4, -0.2) is 39.6 Å². The molecule has 0 aliphatic carbocycles. The molecule has 0 radical (unpaired) electrons. The summed E-state index contributed by atoms with van der Waals surface area (Å²) in [6, 6.07) is 5.47. The van der Waals surface area contributed by atoms with E-state index in [1.807, 2.05) is 10.6 Å². The zero-order valence-corrected chi connectivity index (χ0v) is 11.8. The predicted octanol–water partition coefficient (Wildman–Crippen LogP) is 1.07. The highest BCUT2D eigenvalue weighted by molar-refractivity contribution is 5.79. The lowest BCUT2D eigenvalue weighted by molar-refractivity contribution is 0.0561. The lowest BCUT2D eigenvalue weighted by atomic mass is 10.2. The Bertz CT molecular complexity index is 580. The number of aryl methyl sites for hydroxylation is 1. The highest BCUT2D eigenvalue weighted by atomic mass is 16.5. The van der Waals surface area contributed by atoms with E-state index in [1.54, 1.807) is 26.2 Å². The van der Waals surface area contributed by atoms with E-state index >= 15 is 0 Å². The number of hydrogen-bond donors (Lipinski definition) is 3. The Kier molecular flexibility index (Phi) is 4.59. The van der Waals surface area contributed by atoms with Gasteiger partial charge in [0.25, 0.3) is 0 Å². The minimum absolute atomic E-state index is 0.295. The third-order valence-corrected chi connectivity index (χ3v) is 3.22. The summed E-state index contributed by atoms with van der Waals surface area (Å²) in [6.45, 7) is 2.53. The van der Waals surface area contributed by atoms with Gasteiger partial charge in [-0.1, -0.05) is 0 Å². The third kappa shape index (κ3) is 3.09. The molecule has 2 atom stereocenters. The van der Waals surface area contributed by atoms with Crippen molar-refractivity contribution in [3.63, 3.8) is 0 Å². The largest absolute Gasteiger partial charge is 0.399 e. The molecule has 1 aromatic carbocycles. The van der Waals surface area contributed by atoms with E-state index in [0.29, 0.717) is 31.1 Å². The molecule has 1 heterocycles. The van der Waals surface area contributed by atoms with Gasteiger partial charge < -0.3 is 25.3 Å². The molecule has 0 aliphatic heterocycles. The Balaban J connectivity index is 2.31. The molecule has 20 heavy (non-hydrogen) atoms. The van der Waals surface area contributed by atoms with Gasteiger partial charge in [0.05, 0.1) is 23.7 Å². The van der Waals surface area contributed by atoms with E-state index in [0.717, 1.165) is 11.0 Å². The highest BCUT2D eigenvalue weighted by Crippen LogP contribution is 2.23. The van der Waals surface area contributed by atoms with Crippen LogP contribution < -0.4 is 5.73 Å². The number of rotatable bonds is 6. The van der Waals surface area contributed by atoms with Crippen molar-refractivity contribution in [1.29, 1.82) is 0 Å². The van der Waals surface area contributed by atoms with Crippen LogP contribution in [0, 0.1) is 0 Å². The van der Waals surface area contributed by atoms with Gasteiger partial charge in [-0.05, 0) is 31.5 Å². The topological polar surface area (TPSA) is 93.5 Å². The van der Waals surface area contributed by atoms with Crippen molar-refractivity contribution in [2.45, 2.75) is 32.1 Å². The van der Waals surface area contributed by atoms with Gasteiger partial charge in [-0.15, -0.1) is 0 Å². The molecule has 2 rings (SSSR count). The van der Waals surface area contributed by atoms with Crippen molar-refractivity contribution in [3.05, 3.63) is 24.0 Å². The van der Waals surface area contributed by atoms with Crippen LogP contribution in [0.2, 0.25) is 0 Å². The number of aliphatic hydroxyl groups excluding tert-OH is 2. The van der Waals surface area contributed by atoms with Crippen LogP contribution >= 0.6 is 0 Å². The van der Waals surface area contributed by atoms with Crippen molar-refractivity contribution in [2.24, 2.45) is 0 Å². The van der Waals surface area contributed by atoms with Crippen molar-refractivity contribution in [1.82, 2.24) is 9.55 Å². The average Bonchev–Trinajstić information content (AvgIpc) is 2.74. The van der Waals surface area contributed by atoms with Crippen LogP contribution in [0.15, 0.2) is 18.2 Å². The fraction of sp³-hybridized carbons (Fsp3) is 0.500. The maximum Gasteiger partial charge on any atom is 0.138 e. The SMILES string of the molecule is COCC(O)CCn1c(C(C)O)nc2cc(N)ccc21. The van der Waals surface area contributed by atoms with E-state index in [1.165, 1.54) is 0 Å². The van der Waals surface area contributed by atoms with Gasteiger partial charge in [0.2, 0.25) is 0 Å². The Morgan fingerprint density at radius 3 is 2.80 bits per heavy atom. The van der Waals surface area contributed by atoms with E-state index in [4.69, 9.17) is 10.5 Å². The summed E-state index contributed by atoms with van der Waals surface area (Å²) in [4.78, 5) is 4.42. The Labute approximate surface area is 117 Å². The number of nitrogens with zero attached hydrogens (tertiary/aromatic N) is 2. The summed E-state index contributed by atoms with van der Waals surface area (Å²) < 4.78 is 6.83. The number of nitrogen functional groups attached to an aromatic ring is 1. The van der Waals surface area contributed by atoms with Crippen LogP contribution in [0.3, 0.4) is 0 Å². The molecule has 0 fully saturated rings. The van der Waals surface area contributed by atoms with Crippen molar-refractivity contribution in [2.75, 3.05) is 19.5 Å². The minimum atomic E-state index is -0.678. The molecule has 6 nitrogen and oxygen atoms in total. The number of benzene rings is 1. The summed E-state index contributed by atoms with van der Waals surface area (Å²) in [5, 5.41) is 19.6. The quantitative estimate of drug-likeness (QED) is 0.688. The monoisotopic (exact) mass is 279 g/mol. The normalized spacial score (nSPS) is 14.6. The fourth-order valence-electron chi connectivity index (χ4n) is 2.27. The van der Waals surface area contributed by atoms with E-state index < -0.39 is 12.2 Å². The molecular weight excluding hydrogens is 258 g/mol. The molecule has 110 valence electrons. The zero-order chi connectivity index (χ0) is 14.7. The van der Waals surface area contributed by atoms with Crippen molar-refractivity contribution >= 4 is 16.7 Å². The highest BCUT2D eigenvalue weighted by Gasteiger charge is 2.16. The van der Waals surface area contributed by atoms with Crippen LogP contribution in [0.5, 0.6) is 0 Å². The summed E-state index contributed by atoms with van der Waals surface area (Å²) in [5.74, 6) is 0.579. The van der Waals surface area contributed by atoms with Gasteiger partial charge in [-0.2, -0.15) is 0 Å². The number of imidazole rings is 1. The third-order valence-electron chi connectivity index (χ3n) is 3.22. The van der Waals surface area contributed by atoms with E-state index in [-0.39, 0.29) is 0 Å². The zero-order valence-electron chi connectivity index (χ0n) is 11.8. The Morgan fingerprint density at radius 1 is 1.40 bits per heavy atom. The smallest absolute Gasteiger partial charge is 0.138 e. The lowest BCUT2D eigenvalue weighted by Crippen LogP contribution is -2.18. The first-order chi connectivity index (χ1) is 9.52. The molecular formula is C14H21N3O3. The van der Waals surface area contributed by atoms with Gasteiger partial charge in [-0.3, -0.25) is 0 Å². The number of fused-ring (bicyclic) bond motifs is 1. The average molecular weight is 279 g/mol. The van der Waals surface area contributed by atoms with E-state index in [2.05, 4.69) is 4.98 Å². The van der Waals surface area contributed by atoms with Gasteiger partial charge in [-0.25, -0.2) is 4.98 Å². The first-order valence-corrected chi connectivity index (χ1v) is 6.63. The number of methoxy groups -OCH3 is 1. The molecule has 0 bridgehead atoms. The number of aliphatic hydroxyl groups is 2. The maximum absolute atomic E-state index is 9.84. The summed E-state index contributed by atoms with van der Waals surface area (Å²) in [7, 11) is 1.56. The second-order valence-corrected chi connectivity index (χ2v) is 4.94. The summed E-state index contributed by atoms with van der Waals surface area (Å²) in [5.41, 5.74) is 8.04. The second-order valence-electron chi connectivity index (χ2n) is 4.94. The lowest BCUT2D eigenvalue weighted by Gasteiger charge is -2.14. The van der Waals surface area contributed by atoms with Crippen molar-refractivity contribution < 1.29 is 14.9 Å². The van der Waals surface area contributed by atoms with Gasteiger partial charge in [0.1, 0.15) is 11.9 Å². The Morgan fingerprint density at radius 2 is 2.15 bits per heavy atom. The standard InChI is InChI=1S/C14H21N3O3/c1-9(18)14-16-12-7-10(15)3-4-13(12)17(14)6-5-11(19)8-20-2/h3-4,7,9,11,18-19H,5-6,8,15H2,1-2H3. The molecule has 0 saturated carbocycles. The number of anilines is 1. The first kappa shape index (κ1) is 14.8.